The number of benzene rings is 3. The molecule has 1 heterocycles. The molecule has 0 fully saturated rings. The zero-order valence-electron chi connectivity index (χ0n) is 19.1. The van der Waals surface area contributed by atoms with Gasteiger partial charge < -0.3 is 0 Å². The highest BCUT2D eigenvalue weighted by Crippen LogP contribution is 2.46. The van der Waals surface area contributed by atoms with Crippen molar-refractivity contribution < 1.29 is 4.79 Å². The summed E-state index contributed by atoms with van der Waals surface area (Å²) >= 11 is 0. The zero-order valence-corrected chi connectivity index (χ0v) is 19.1. The molecule has 0 saturated carbocycles. The molecule has 4 aromatic rings. The van der Waals surface area contributed by atoms with E-state index in [9.17, 15) is 4.79 Å². The monoisotopic (exact) mass is 422 g/mol. The fourth-order valence-electron chi connectivity index (χ4n) is 5.32. The molecule has 1 aromatic heterocycles. The fraction of sp³-hybridized carbons (Fsp3) is 0.310. The van der Waals surface area contributed by atoms with Gasteiger partial charge in [-0.25, -0.2) is 0 Å². The number of aromatic nitrogens is 2. The largest absolute Gasteiger partial charge is 0.292 e. The summed E-state index contributed by atoms with van der Waals surface area (Å²) in [5.74, 6) is 1.52. The Balaban J connectivity index is 1.64. The van der Waals surface area contributed by atoms with E-state index in [4.69, 9.17) is 5.10 Å². The molecule has 0 amide bonds. The topological polar surface area (TPSA) is 34.9 Å². The Kier molecular flexibility index (Phi) is 5.42. The van der Waals surface area contributed by atoms with Crippen LogP contribution in [0.15, 0.2) is 72.8 Å². The van der Waals surface area contributed by atoms with E-state index in [1.807, 2.05) is 41.1 Å². The highest BCUT2D eigenvalue weighted by Gasteiger charge is 2.34. The van der Waals surface area contributed by atoms with E-state index in [1.165, 1.54) is 17.7 Å². The van der Waals surface area contributed by atoms with Crippen LogP contribution in [0.2, 0.25) is 0 Å². The van der Waals surface area contributed by atoms with Crippen LogP contribution in [0.3, 0.4) is 0 Å². The van der Waals surface area contributed by atoms with Gasteiger partial charge in [-0.15, -0.1) is 0 Å². The van der Waals surface area contributed by atoms with Crippen molar-refractivity contribution in [2.75, 3.05) is 0 Å². The lowest BCUT2D eigenvalue weighted by Crippen LogP contribution is -2.17. The quantitative estimate of drug-likeness (QED) is 0.318. The second-order valence-corrected chi connectivity index (χ2v) is 9.45. The molecule has 162 valence electrons. The predicted octanol–water partition coefficient (Wildman–Crippen LogP) is 7.22. The van der Waals surface area contributed by atoms with E-state index >= 15 is 0 Å². The van der Waals surface area contributed by atoms with Crippen LogP contribution >= 0.6 is 0 Å². The molecular weight excluding hydrogens is 392 g/mol. The molecule has 0 N–H and O–H groups in total. The molecule has 0 bridgehead atoms. The van der Waals surface area contributed by atoms with Gasteiger partial charge in [0.1, 0.15) is 6.54 Å². The number of fused-ring (bicyclic) bond motifs is 2. The first-order chi connectivity index (χ1) is 15.5. The molecule has 5 rings (SSSR count). The first-order valence-electron chi connectivity index (χ1n) is 11.7. The first-order valence-corrected chi connectivity index (χ1v) is 11.7. The summed E-state index contributed by atoms with van der Waals surface area (Å²) in [4.78, 5) is 13.6. The number of rotatable bonds is 5. The summed E-state index contributed by atoms with van der Waals surface area (Å²) in [5, 5.41) is 7.22. The van der Waals surface area contributed by atoms with Crippen LogP contribution in [0.1, 0.15) is 67.1 Å². The summed E-state index contributed by atoms with van der Waals surface area (Å²) in [6.07, 6.45) is 2.33. The van der Waals surface area contributed by atoms with Crippen molar-refractivity contribution in [2.45, 2.75) is 52.0 Å². The smallest absolute Gasteiger partial charge is 0.184 e. The number of hydrogen-bond donors (Lipinski definition) is 0. The molecule has 0 radical (unpaired) electrons. The minimum Gasteiger partial charge on any atom is -0.292 e. The second kappa shape index (κ2) is 8.38. The molecule has 0 unspecified atom stereocenters. The van der Waals surface area contributed by atoms with Crippen molar-refractivity contribution in [2.24, 2.45) is 5.92 Å². The van der Waals surface area contributed by atoms with Gasteiger partial charge in [0.2, 0.25) is 0 Å². The van der Waals surface area contributed by atoms with Gasteiger partial charge in [0.05, 0.1) is 11.4 Å². The Hall–Kier alpha value is -3.20. The first kappa shape index (κ1) is 20.7. The number of hydrogen-bond acceptors (Lipinski definition) is 2. The van der Waals surface area contributed by atoms with Crippen LogP contribution in [-0.2, 0) is 6.54 Å². The molecular formula is C29H30N2O. The minimum atomic E-state index is 0.104. The third kappa shape index (κ3) is 3.56. The van der Waals surface area contributed by atoms with Gasteiger partial charge >= 0.3 is 0 Å². The molecule has 0 spiro atoms. The Morgan fingerprint density at radius 3 is 2.47 bits per heavy atom. The predicted molar refractivity (Wildman–Crippen MR) is 131 cm³/mol. The molecule has 1 aliphatic carbocycles. The van der Waals surface area contributed by atoms with E-state index in [1.54, 1.807) is 0 Å². The van der Waals surface area contributed by atoms with Gasteiger partial charge in [-0.2, -0.15) is 5.10 Å². The molecule has 0 saturated heterocycles. The van der Waals surface area contributed by atoms with Crippen molar-refractivity contribution in [3.8, 4) is 11.3 Å². The van der Waals surface area contributed by atoms with E-state index < -0.39 is 0 Å². The van der Waals surface area contributed by atoms with Crippen LogP contribution in [0.5, 0.6) is 0 Å². The van der Waals surface area contributed by atoms with Gasteiger partial charge in [0.15, 0.2) is 5.78 Å². The number of carbonyl (C=O) groups excluding carboxylic acids is 1. The third-order valence-electron chi connectivity index (χ3n) is 7.01. The lowest BCUT2D eigenvalue weighted by atomic mass is 9.75. The Morgan fingerprint density at radius 2 is 1.69 bits per heavy atom. The maximum Gasteiger partial charge on any atom is 0.184 e. The van der Waals surface area contributed by atoms with Crippen molar-refractivity contribution in [3.63, 3.8) is 0 Å². The summed E-state index contributed by atoms with van der Waals surface area (Å²) in [6.45, 7) is 7.13. The Morgan fingerprint density at radius 1 is 0.969 bits per heavy atom. The SMILES string of the molecule is CC(C)[C@@H]1CC[C@@H](C)c2c1nn(CC(=O)c1cccc3ccccc13)c2-c1ccccc1. The van der Waals surface area contributed by atoms with Crippen molar-refractivity contribution in [3.05, 3.63) is 89.6 Å². The van der Waals surface area contributed by atoms with E-state index in [2.05, 4.69) is 57.2 Å². The maximum atomic E-state index is 13.6. The van der Waals surface area contributed by atoms with Gasteiger partial charge in [0, 0.05) is 22.6 Å². The standard InChI is InChI=1S/C29H30N2O/c1-19(2)23-17-16-20(3)27-28(23)30-31(29(27)22-11-5-4-6-12-22)18-26(32)25-15-9-13-21-10-7-8-14-24(21)25/h4-15,19-20,23H,16-18H2,1-3H3/t20-,23+/m1/s1. The molecule has 3 heteroatoms. The molecule has 3 nitrogen and oxygen atoms in total. The fourth-order valence-corrected chi connectivity index (χ4v) is 5.32. The van der Waals surface area contributed by atoms with Crippen molar-refractivity contribution in [1.82, 2.24) is 9.78 Å². The van der Waals surface area contributed by atoms with Crippen LogP contribution in [0.4, 0.5) is 0 Å². The van der Waals surface area contributed by atoms with Crippen molar-refractivity contribution >= 4 is 16.6 Å². The summed E-state index contributed by atoms with van der Waals surface area (Å²) < 4.78 is 1.99. The second-order valence-electron chi connectivity index (χ2n) is 9.45. The van der Waals surface area contributed by atoms with Gasteiger partial charge in [-0.1, -0.05) is 93.6 Å². The normalized spacial score (nSPS) is 18.1. The van der Waals surface area contributed by atoms with Crippen LogP contribution in [-0.4, -0.2) is 15.6 Å². The summed E-state index contributed by atoms with van der Waals surface area (Å²) in [7, 11) is 0. The van der Waals surface area contributed by atoms with Gasteiger partial charge in [0.25, 0.3) is 0 Å². The molecule has 0 aliphatic heterocycles. The van der Waals surface area contributed by atoms with Crippen LogP contribution in [0.25, 0.3) is 22.0 Å². The summed E-state index contributed by atoms with van der Waals surface area (Å²) in [6, 6.07) is 24.5. The Bertz CT molecular complexity index is 1260. The molecule has 32 heavy (non-hydrogen) atoms. The van der Waals surface area contributed by atoms with E-state index in [0.29, 0.717) is 17.8 Å². The highest BCUT2D eigenvalue weighted by molar-refractivity contribution is 6.08. The molecule has 2 atom stereocenters. The van der Waals surface area contributed by atoms with Crippen LogP contribution in [0, 0.1) is 5.92 Å². The maximum absolute atomic E-state index is 13.6. The van der Waals surface area contributed by atoms with E-state index in [-0.39, 0.29) is 12.3 Å². The highest BCUT2D eigenvalue weighted by atomic mass is 16.1. The molecule has 3 aromatic carbocycles. The lowest BCUT2D eigenvalue weighted by molar-refractivity contribution is 0.0969. The van der Waals surface area contributed by atoms with Crippen LogP contribution < -0.4 is 0 Å². The van der Waals surface area contributed by atoms with Crippen molar-refractivity contribution in [1.29, 1.82) is 0 Å². The number of Topliss-reactive ketones (excluding diaryl/α,β-unsaturated/α-hetero) is 1. The number of ketones is 1. The number of carbonyl (C=O) groups is 1. The lowest BCUT2D eigenvalue weighted by Gasteiger charge is -2.29. The third-order valence-corrected chi connectivity index (χ3v) is 7.01. The van der Waals surface area contributed by atoms with Gasteiger partial charge in [-0.05, 0) is 35.4 Å². The number of nitrogens with zero attached hydrogens (tertiary/aromatic N) is 2. The Labute approximate surface area is 190 Å². The van der Waals surface area contributed by atoms with E-state index in [0.717, 1.165) is 34.0 Å². The average Bonchev–Trinajstić information content (AvgIpc) is 3.18. The average molecular weight is 423 g/mol. The molecule has 1 aliphatic rings. The minimum absolute atomic E-state index is 0.104. The summed E-state index contributed by atoms with van der Waals surface area (Å²) in [5.41, 5.74) is 5.56. The zero-order chi connectivity index (χ0) is 22.2. The van der Waals surface area contributed by atoms with Gasteiger partial charge in [-0.3, -0.25) is 9.48 Å².